The molecule has 1 aromatic carbocycles. The van der Waals surface area contributed by atoms with Gasteiger partial charge in [-0.2, -0.15) is 0 Å². The molecule has 1 saturated heterocycles. The van der Waals surface area contributed by atoms with Gasteiger partial charge in [0.15, 0.2) is 6.23 Å². The van der Waals surface area contributed by atoms with Crippen LogP contribution >= 0.6 is 23.2 Å². The van der Waals surface area contributed by atoms with E-state index in [0.29, 0.717) is 29.4 Å². The maximum absolute atomic E-state index is 13.0. The Morgan fingerprint density at radius 2 is 1.94 bits per heavy atom. The first-order valence-corrected chi connectivity index (χ1v) is 11.5. The van der Waals surface area contributed by atoms with Crippen LogP contribution in [0.4, 0.5) is 0 Å². The monoisotopic (exact) mass is 481 g/mol. The second-order valence-electron chi connectivity index (χ2n) is 8.39. The maximum Gasteiger partial charge on any atom is 0.325 e. The van der Waals surface area contributed by atoms with E-state index in [-0.39, 0.29) is 24.5 Å². The van der Waals surface area contributed by atoms with Crippen LogP contribution in [0.2, 0.25) is 10.0 Å². The molecular formula is C23H29Cl2N3O4. The highest BCUT2D eigenvalue weighted by atomic mass is 35.5. The number of nitrogens with zero attached hydrogens (tertiary/aromatic N) is 3. The molecule has 1 aliphatic rings. The lowest BCUT2D eigenvalue weighted by Gasteiger charge is -2.32. The van der Waals surface area contributed by atoms with E-state index in [9.17, 15) is 9.59 Å². The normalized spacial score (nSPS) is 19.9. The summed E-state index contributed by atoms with van der Waals surface area (Å²) >= 11 is 12.3. The number of esters is 2. The van der Waals surface area contributed by atoms with Crippen LogP contribution in [-0.4, -0.2) is 51.3 Å². The smallest absolute Gasteiger partial charge is 0.325 e. The lowest BCUT2D eigenvalue weighted by molar-refractivity contribution is -0.153. The van der Waals surface area contributed by atoms with Gasteiger partial charge in [0.05, 0.1) is 12.9 Å². The van der Waals surface area contributed by atoms with Gasteiger partial charge in [0.25, 0.3) is 0 Å². The number of ether oxygens (including phenoxy) is 2. The van der Waals surface area contributed by atoms with Crippen molar-refractivity contribution in [1.82, 2.24) is 14.5 Å². The Hall–Kier alpha value is -2.09. The minimum atomic E-state index is -0.682. The number of cyclic esters (lactones) is 1. The number of hydrogen-bond acceptors (Lipinski definition) is 6. The van der Waals surface area contributed by atoms with Crippen molar-refractivity contribution >= 4 is 35.1 Å². The second kappa shape index (κ2) is 10.7. The van der Waals surface area contributed by atoms with E-state index in [1.807, 2.05) is 35.4 Å². The first-order valence-electron chi connectivity index (χ1n) is 10.8. The first kappa shape index (κ1) is 24.6. The summed E-state index contributed by atoms with van der Waals surface area (Å²) in [5.74, 6) is -0.422. The van der Waals surface area contributed by atoms with Crippen molar-refractivity contribution in [3.05, 3.63) is 52.0 Å². The van der Waals surface area contributed by atoms with Gasteiger partial charge in [0, 0.05) is 34.9 Å². The van der Waals surface area contributed by atoms with E-state index in [4.69, 9.17) is 32.7 Å². The molecule has 0 N–H and O–H groups in total. The second-order valence-corrected chi connectivity index (χ2v) is 9.26. The molecule has 3 rings (SSSR count). The molecule has 1 aromatic heterocycles. The zero-order valence-electron chi connectivity index (χ0n) is 18.8. The molecule has 1 aliphatic heterocycles. The molecule has 2 aromatic rings. The number of carbonyl (C=O) groups excluding carboxylic acids is 2. The van der Waals surface area contributed by atoms with Gasteiger partial charge < -0.3 is 14.0 Å². The predicted molar refractivity (Wildman–Crippen MR) is 123 cm³/mol. The number of hydrogen-bond donors (Lipinski definition) is 0. The quantitative estimate of drug-likeness (QED) is 0.496. The highest BCUT2D eigenvalue weighted by molar-refractivity contribution is 6.34. The van der Waals surface area contributed by atoms with E-state index < -0.39 is 18.3 Å². The maximum atomic E-state index is 13.0. The molecule has 0 saturated carbocycles. The Morgan fingerprint density at radius 1 is 1.25 bits per heavy atom. The molecule has 0 bridgehead atoms. The SMILES string of the molecule is CCOC(=O)[C@H](Cc1cncn1Cc1cc(Cl)cc(Cl)c1)N1C(C)OC(=O)[C@@H]1CC(C)C. The Bertz CT molecular complexity index is 942. The Labute approximate surface area is 198 Å². The summed E-state index contributed by atoms with van der Waals surface area (Å²) in [7, 11) is 0. The van der Waals surface area contributed by atoms with Gasteiger partial charge in [-0.05, 0) is 49.9 Å². The fourth-order valence-electron chi connectivity index (χ4n) is 4.12. The third-order valence-electron chi connectivity index (χ3n) is 5.43. The number of rotatable bonds is 9. The molecule has 7 nitrogen and oxygen atoms in total. The van der Waals surface area contributed by atoms with Gasteiger partial charge in [-0.25, -0.2) is 9.88 Å². The van der Waals surface area contributed by atoms with E-state index in [1.54, 1.807) is 32.4 Å². The number of benzene rings is 1. The first-order chi connectivity index (χ1) is 15.2. The van der Waals surface area contributed by atoms with Gasteiger partial charge in [0.2, 0.25) is 0 Å². The van der Waals surface area contributed by atoms with E-state index in [0.717, 1.165) is 11.3 Å². The van der Waals surface area contributed by atoms with Crippen LogP contribution in [0.5, 0.6) is 0 Å². The molecule has 0 aliphatic carbocycles. The minimum Gasteiger partial charge on any atom is -0.465 e. The van der Waals surface area contributed by atoms with Gasteiger partial charge >= 0.3 is 11.9 Å². The van der Waals surface area contributed by atoms with E-state index in [1.165, 1.54) is 0 Å². The molecule has 1 unspecified atom stereocenters. The summed E-state index contributed by atoms with van der Waals surface area (Å²) in [6.07, 6.45) is 3.82. The van der Waals surface area contributed by atoms with Gasteiger partial charge in [-0.15, -0.1) is 0 Å². The third-order valence-corrected chi connectivity index (χ3v) is 5.86. The van der Waals surface area contributed by atoms with Crippen molar-refractivity contribution < 1.29 is 19.1 Å². The lowest BCUT2D eigenvalue weighted by atomic mass is 10.00. The van der Waals surface area contributed by atoms with Crippen LogP contribution in [0, 0.1) is 5.92 Å². The highest BCUT2D eigenvalue weighted by Crippen LogP contribution is 2.29. The summed E-state index contributed by atoms with van der Waals surface area (Å²) in [6.45, 7) is 8.38. The summed E-state index contributed by atoms with van der Waals surface area (Å²) in [6, 6.07) is 4.18. The van der Waals surface area contributed by atoms with Gasteiger partial charge in [-0.1, -0.05) is 37.0 Å². The van der Waals surface area contributed by atoms with Gasteiger partial charge in [0.1, 0.15) is 12.1 Å². The molecule has 1 fully saturated rings. The van der Waals surface area contributed by atoms with Crippen molar-refractivity contribution in [2.24, 2.45) is 5.92 Å². The van der Waals surface area contributed by atoms with Crippen LogP contribution in [0.1, 0.15) is 45.4 Å². The van der Waals surface area contributed by atoms with Crippen molar-refractivity contribution in [3.63, 3.8) is 0 Å². The summed E-state index contributed by atoms with van der Waals surface area (Å²) in [4.78, 5) is 31.7. The van der Waals surface area contributed by atoms with Crippen LogP contribution in [0.3, 0.4) is 0 Å². The largest absolute Gasteiger partial charge is 0.465 e. The van der Waals surface area contributed by atoms with E-state index >= 15 is 0 Å². The number of carbonyl (C=O) groups is 2. The average molecular weight is 482 g/mol. The van der Waals surface area contributed by atoms with Gasteiger partial charge in [-0.3, -0.25) is 9.59 Å². The van der Waals surface area contributed by atoms with E-state index in [2.05, 4.69) is 4.98 Å². The van der Waals surface area contributed by atoms with Crippen molar-refractivity contribution in [2.75, 3.05) is 6.61 Å². The topological polar surface area (TPSA) is 73.7 Å². The summed E-state index contributed by atoms with van der Waals surface area (Å²) in [5, 5.41) is 1.10. The van der Waals surface area contributed by atoms with Crippen molar-refractivity contribution in [3.8, 4) is 0 Å². The highest BCUT2D eigenvalue weighted by Gasteiger charge is 2.46. The summed E-state index contributed by atoms with van der Waals surface area (Å²) < 4.78 is 12.8. The molecule has 0 amide bonds. The molecular weight excluding hydrogens is 453 g/mol. The van der Waals surface area contributed by atoms with Crippen LogP contribution in [0.15, 0.2) is 30.7 Å². The summed E-state index contributed by atoms with van der Waals surface area (Å²) in [5.41, 5.74) is 1.74. The zero-order chi connectivity index (χ0) is 23.4. The minimum absolute atomic E-state index is 0.251. The molecule has 0 spiro atoms. The average Bonchev–Trinajstić information content (AvgIpc) is 3.22. The molecule has 2 heterocycles. The third kappa shape index (κ3) is 5.82. The van der Waals surface area contributed by atoms with Crippen LogP contribution in [0.25, 0.3) is 0 Å². The molecule has 0 radical (unpaired) electrons. The van der Waals surface area contributed by atoms with Crippen molar-refractivity contribution in [2.45, 2.75) is 65.4 Å². The Kier molecular flexibility index (Phi) is 8.20. The fraction of sp³-hybridized carbons (Fsp3) is 0.522. The number of imidazole rings is 1. The van der Waals surface area contributed by atoms with Crippen LogP contribution in [-0.2, 0) is 32.0 Å². The van der Waals surface area contributed by atoms with Crippen LogP contribution < -0.4 is 0 Å². The Balaban J connectivity index is 1.89. The molecule has 174 valence electrons. The zero-order valence-corrected chi connectivity index (χ0v) is 20.3. The van der Waals surface area contributed by atoms with Crippen molar-refractivity contribution in [1.29, 1.82) is 0 Å². The lowest BCUT2D eigenvalue weighted by Crippen LogP contribution is -2.51. The molecule has 9 heteroatoms. The predicted octanol–water partition coefficient (Wildman–Crippen LogP) is 4.33. The standard InChI is InChI=1S/C23H29Cl2N3O4/c1-5-31-22(29)21(28-15(4)32-23(30)20(28)6-14(2)3)10-19-11-26-13-27(19)12-16-7-17(24)9-18(25)8-16/h7-9,11,13-15,20-21H,5-6,10,12H2,1-4H3/t15?,20-,21-/m0/s1. The fourth-order valence-corrected chi connectivity index (χ4v) is 4.70. The number of halogens is 2. The molecule has 32 heavy (non-hydrogen) atoms. The molecule has 3 atom stereocenters. The number of aromatic nitrogens is 2. The Morgan fingerprint density at radius 3 is 2.56 bits per heavy atom.